The first-order chi connectivity index (χ1) is 12.5. The highest BCUT2D eigenvalue weighted by Gasteiger charge is 2.13. The number of aromatic amines is 1. The largest absolute Gasteiger partial charge is 0.493 e. The zero-order valence-electron chi connectivity index (χ0n) is 14.3. The first-order valence-corrected chi connectivity index (χ1v) is 8.46. The van der Waals surface area contributed by atoms with Gasteiger partial charge in [0.05, 0.1) is 32.8 Å². The average molecular weight is 376 g/mol. The lowest BCUT2D eigenvalue weighted by Crippen LogP contribution is -2.14. The van der Waals surface area contributed by atoms with Gasteiger partial charge in [-0.2, -0.15) is 9.50 Å². The van der Waals surface area contributed by atoms with Crippen LogP contribution in [0.1, 0.15) is 0 Å². The number of benzene rings is 1. The van der Waals surface area contributed by atoms with Gasteiger partial charge in [0, 0.05) is 11.6 Å². The van der Waals surface area contributed by atoms with Crippen molar-refractivity contribution >= 4 is 23.5 Å². The van der Waals surface area contributed by atoms with Crippen LogP contribution in [0.4, 0.5) is 0 Å². The molecule has 0 atom stereocenters. The molecule has 9 nitrogen and oxygen atoms in total. The maximum absolute atomic E-state index is 12.4. The van der Waals surface area contributed by atoms with Crippen LogP contribution in [0.3, 0.4) is 0 Å². The summed E-state index contributed by atoms with van der Waals surface area (Å²) < 4.78 is 16.3. The van der Waals surface area contributed by atoms with Gasteiger partial charge >= 0.3 is 5.97 Å². The molecule has 0 amide bonds. The van der Waals surface area contributed by atoms with Crippen LogP contribution in [-0.2, 0) is 9.53 Å². The topological polar surface area (TPSA) is 108 Å². The smallest absolute Gasteiger partial charge is 0.316 e. The molecule has 0 bridgehead atoms. The highest BCUT2D eigenvalue weighted by atomic mass is 32.2. The van der Waals surface area contributed by atoms with E-state index in [1.54, 1.807) is 25.3 Å². The van der Waals surface area contributed by atoms with Crippen molar-refractivity contribution in [2.75, 3.05) is 27.1 Å². The van der Waals surface area contributed by atoms with E-state index in [1.165, 1.54) is 24.8 Å². The second kappa shape index (κ2) is 7.48. The summed E-state index contributed by atoms with van der Waals surface area (Å²) in [6, 6.07) is 6.64. The van der Waals surface area contributed by atoms with E-state index in [1.807, 2.05) is 0 Å². The number of carbonyl (C=O) groups is 1. The number of nitrogens with one attached hydrogen (secondary N) is 1. The minimum Gasteiger partial charge on any atom is -0.493 e. The number of methoxy groups -OCH3 is 3. The Morgan fingerprint density at radius 3 is 2.62 bits per heavy atom. The fourth-order valence-corrected chi connectivity index (χ4v) is 2.93. The van der Waals surface area contributed by atoms with E-state index in [2.05, 4.69) is 19.8 Å². The van der Waals surface area contributed by atoms with Crippen LogP contribution in [0, 0.1) is 0 Å². The van der Waals surface area contributed by atoms with Gasteiger partial charge in [-0.1, -0.05) is 11.8 Å². The van der Waals surface area contributed by atoms with Crippen molar-refractivity contribution < 1.29 is 19.0 Å². The van der Waals surface area contributed by atoms with Gasteiger partial charge in [-0.15, -0.1) is 0 Å². The minimum atomic E-state index is -0.387. The van der Waals surface area contributed by atoms with E-state index in [0.717, 1.165) is 11.8 Å². The lowest BCUT2D eigenvalue weighted by Gasteiger charge is -2.09. The Balaban J connectivity index is 1.98. The molecular weight excluding hydrogens is 360 g/mol. The second-order valence-electron chi connectivity index (χ2n) is 5.08. The summed E-state index contributed by atoms with van der Waals surface area (Å²) in [5, 5.41) is 3.20. The van der Waals surface area contributed by atoms with Crippen molar-refractivity contribution in [1.29, 1.82) is 0 Å². The Morgan fingerprint density at radius 1 is 1.15 bits per heavy atom. The Bertz CT molecular complexity index is 1010. The first-order valence-electron chi connectivity index (χ1n) is 7.47. The zero-order chi connectivity index (χ0) is 18.7. The maximum atomic E-state index is 12.4. The molecule has 10 heteroatoms. The number of hydrogen-bond acceptors (Lipinski definition) is 8. The van der Waals surface area contributed by atoms with Crippen molar-refractivity contribution in [2.45, 2.75) is 5.16 Å². The van der Waals surface area contributed by atoms with Crippen LogP contribution in [-0.4, -0.2) is 52.6 Å². The number of rotatable bonds is 6. The maximum Gasteiger partial charge on any atom is 0.316 e. The van der Waals surface area contributed by atoms with Crippen molar-refractivity contribution in [3.63, 3.8) is 0 Å². The van der Waals surface area contributed by atoms with Crippen LogP contribution in [0.25, 0.3) is 17.0 Å². The summed E-state index contributed by atoms with van der Waals surface area (Å²) in [5.74, 6) is 1.00. The van der Waals surface area contributed by atoms with Gasteiger partial charge in [-0.25, -0.2) is 4.98 Å². The number of aromatic nitrogens is 4. The van der Waals surface area contributed by atoms with Gasteiger partial charge in [0.25, 0.3) is 11.3 Å². The van der Waals surface area contributed by atoms with Gasteiger partial charge < -0.3 is 14.2 Å². The summed E-state index contributed by atoms with van der Waals surface area (Å²) in [5.41, 5.74) is 0.818. The third-order valence-corrected chi connectivity index (χ3v) is 4.38. The number of carbonyl (C=O) groups excluding carboxylic acids is 1. The minimum absolute atomic E-state index is 0.0770. The highest BCUT2D eigenvalue weighted by Crippen LogP contribution is 2.31. The van der Waals surface area contributed by atoms with Crippen molar-refractivity contribution in [3.05, 3.63) is 34.6 Å². The molecule has 26 heavy (non-hydrogen) atoms. The Labute approximate surface area is 152 Å². The fraction of sp³-hybridized carbons (Fsp3) is 0.250. The van der Waals surface area contributed by atoms with E-state index in [0.29, 0.717) is 27.9 Å². The van der Waals surface area contributed by atoms with Gasteiger partial charge in [-0.05, 0) is 18.2 Å². The van der Waals surface area contributed by atoms with Gasteiger partial charge in [0.1, 0.15) is 0 Å². The molecule has 3 rings (SSSR count). The normalized spacial score (nSPS) is 10.7. The molecule has 1 N–H and O–H groups in total. The molecule has 0 aliphatic carbocycles. The zero-order valence-corrected chi connectivity index (χ0v) is 15.1. The predicted octanol–water partition coefficient (Wildman–Crippen LogP) is 1.37. The molecule has 0 saturated carbocycles. The Kier molecular flexibility index (Phi) is 5.12. The monoisotopic (exact) mass is 376 g/mol. The van der Waals surface area contributed by atoms with E-state index in [9.17, 15) is 9.59 Å². The molecule has 0 aliphatic heterocycles. The van der Waals surface area contributed by atoms with Gasteiger partial charge in [0.2, 0.25) is 0 Å². The van der Waals surface area contributed by atoms with E-state index in [4.69, 9.17) is 9.47 Å². The molecule has 2 aromatic heterocycles. The molecule has 2 heterocycles. The molecule has 3 aromatic rings. The molecule has 0 saturated heterocycles. The lowest BCUT2D eigenvalue weighted by atomic mass is 10.1. The summed E-state index contributed by atoms with van der Waals surface area (Å²) in [4.78, 5) is 32.2. The Hall–Kier alpha value is -3.01. The molecule has 0 spiro atoms. The quantitative estimate of drug-likeness (QED) is 0.508. The summed E-state index contributed by atoms with van der Waals surface area (Å²) in [6.07, 6.45) is 0. The summed E-state index contributed by atoms with van der Waals surface area (Å²) in [6.45, 7) is 0. The molecule has 0 unspecified atom stereocenters. The second-order valence-corrected chi connectivity index (χ2v) is 6.04. The highest BCUT2D eigenvalue weighted by molar-refractivity contribution is 7.99. The Morgan fingerprint density at radius 2 is 1.92 bits per heavy atom. The lowest BCUT2D eigenvalue weighted by molar-refractivity contribution is -0.137. The fourth-order valence-electron chi connectivity index (χ4n) is 2.26. The molecule has 0 fully saturated rings. The van der Waals surface area contributed by atoms with E-state index < -0.39 is 0 Å². The van der Waals surface area contributed by atoms with Crippen LogP contribution < -0.4 is 15.0 Å². The third-order valence-electron chi connectivity index (χ3n) is 3.54. The van der Waals surface area contributed by atoms with Crippen LogP contribution >= 0.6 is 11.8 Å². The van der Waals surface area contributed by atoms with Crippen LogP contribution in [0.2, 0.25) is 0 Å². The number of hydrogen-bond donors (Lipinski definition) is 1. The number of H-pyrrole nitrogens is 1. The molecule has 0 radical (unpaired) electrons. The van der Waals surface area contributed by atoms with Gasteiger partial charge in [-0.3, -0.25) is 14.7 Å². The molecule has 0 aliphatic rings. The summed E-state index contributed by atoms with van der Waals surface area (Å²) in [7, 11) is 4.39. The van der Waals surface area contributed by atoms with Crippen LogP contribution in [0.5, 0.6) is 11.5 Å². The SMILES string of the molecule is COC(=O)CSc1nc2nc(-c3ccc(OC)c(OC)c3)cc(=O)n2[nH]1. The predicted molar refractivity (Wildman–Crippen MR) is 94.9 cm³/mol. The van der Waals surface area contributed by atoms with Crippen molar-refractivity contribution in [3.8, 4) is 22.8 Å². The van der Waals surface area contributed by atoms with E-state index >= 15 is 0 Å². The number of esters is 1. The number of thioether (sulfide) groups is 1. The number of fused-ring (bicyclic) bond motifs is 1. The first kappa shape index (κ1) is 17.8. The summed E-state index contributed by atoms with van der Waals surface area (Å²) >= 11 is 1.12. The number of nitrogens with zero attached hydrogens (tertiary/aromatic N) is 3. The van der Waals surface area contributed by atoms with E-state index in [-0.39, 0.29) is 23.1 Å². The molecule has 136 valence electrons. The van der Waals surface area contributed by atoms with Gasteiger partial charge in [0.15, 0.2) is 16.7 Å². The average Bonchev–Trinajstić information content (AvgIpc) is 3.09. The standard InChI is InChI=1S/C16H16N4O5S/c1-23-11-5-4-9(6-12(11)24-2)10-7-13(21)20-15(17-10)18-16(19-20)26-8-14(22)25-3/h4-7H,8H2,1-3H3,(H,17,18,19). The van der Waals surface area contributed by atoms with Crippen molar-refractivity contribution in [2.24, 2.45) is 0 Å². The molecular formula is C16H16N4O5S. The number of ether oxygens (including phenoxy) is 3. The van der Waals surface area contributed by atoms with Crippen molar-refractivity contribution in [1.82, 2.24) is 19.6 Å². The van der Waals surface area contributed by atoms with Crippen LogP contribution in [0.15, 0.2) is 34.2 Å². The third kappa shape index (κ3) is 3.49. The molecule has 1 aromatic carbocycles.